The number of halogens is 3. The molecule has 0 aliphatic carbocycles. The summed E-state index contributed by atoms with van der Waals surface area (Å²) in [5.41, 5.74) is -1.12. The van der Waals surface area contributed by atoms with Crippen LogP contribution in [0.1, 0.15) is 10.4 Å². The molecule has 0 heterocycles. The first-order valence-corrected chi connectivity index (χ1v) is 4.27. The molecule has 0 radical (unpaired) electrons. The molecule has 1 aromatic rings. The van der Waals surface area contributed by atoms with Crippen LogP contribution in [0, 0.1) is 11.6 Å². The number of hydrogen-bond donors (Lipinski definition) is 2. The first-order chi connectivity index (χ1) is 6.49. The molecule has 0 aromatic heterocycles. The fourth-order valence-corrected chi connectivity index (χ4v) is 1.44. The molecule has 0 atom stereocenters. The molecule has 0 amide bonds. The topological polar surface area (TPSA) is 57.5 Å². The lowest BCUT2D eigenvalue weighted by Gasteiger charge is -2.06. The molecule has 74 valence electrons. The molecule has 0 bridgehead atoms. The van der Waals surface area contributed by atoms with E-state index in [1.807, 2.05) is 0 Å². The molecule has 0 saturated heterocycles. The van der Waals surface area contributed by atoms with Gasteiger partial charge in [-0.2, -0.15) is 0 Å². The van der Waals surface area contributed by atoms with Gasteiger partial charge in [0.2, 0.25) is 0 Å². The molecular weight excluding hydrogens is 261 g/mol. The molecule has 2 N–H and O–H groups in total. The number of carbonyl (C=O) groups is 1. The lowest BCUT2D eigenvalue weighted by Crippen LogP contribution is -2.34. The second-order valence-corrected chi connectivity index (χ2v) is 3.34. The lowest BCUT2D eigenvalue weighted by molar-refractivity contribution is 0.111. The Balaban J connectivity index is 3.47. The summed E-state index contributed by atoms with van der Waals surface area (Å²) < 4.78 is 26.0. The van der Waals surface area contributed by atoms with Crippen LogP contribution in [0.25, 0.3) is 0 Å². The van der Waals surface area contributed by atoms with Crippen molar-refractivity contribution in [2.75, 3.05) is 0 Å². The van der Waals surface area contributed by atoms with E-state index in [9.17, 15) is 13.6 Å². The summed E-state index contributed by atoms with van der Waals surface area (Å²) in [7, 11) is -2.12. The summed E-state index contributed by atoms with van der Waals surface area (Å²) in [6.07, 6.45) is 0.135. The Bertz CT molecular complexity index is 384. The Labute approximate surface area is 86.6 Å². The summed E-state index contributed by atoms with van der Waals surface area (Å²) in [4.78, 5) is 10.3. The average molecular weight is 265 g/mol. The van der Waals surface area contributed by atoms with Gasteiger partial charge in [-0.1, -0.05) is 0 Å². The van der Waals surface area contributed by atoms with E-state index >= 15 is 0 Å². The van der Waals surface area contributed by atoms with Crippen molar-refractivity contribution < 1.29 is 23.6 Å². The monoisotopic (exact) mass is 264 g/mol. The fraction of sp³-hybridized carbons (Fsp3) is 0. The molecule has 0 saturated carbocycles. The molecular formula is C7H4BBrF2O3. The zero-order valence-electron chi connectivity index (χ0n) is 6.67. The van der Waals surface area contributed by atoms with Crippen LogP contribution >= 0.6 is 15.9 Å². The predicted octanol–water partition coefficient (Wildman–Crippen LogP) is 0.220. The first-order valence-electron chi connectivity index (χ1n) is 3.47. The highest BCUT2D eigenvalue weighted by Crippen LogP contribution is 2.19. The summed E-state index contributed by atoms with van der Waals surface area (Å²) in [6.45, 7) is 0. The van der Waals surface area contributed by atoms with Gasteiger partial charge in [0.25, 0.3) is 0 Å². The zero-order chi connectivity index (χ0) is 10.9. The molecule has 0 unspecified atom stereocenters. The Hall–Kier alpha value is -0.785. The summed E-state index contributed by atoms with van der Waals surface area (Å²) in [5, 5.41) is 17.3. The minimum absolute atomic E-state index is 0.0329. The minimum atomic E-state index is -2.12. The molecule has 0 spiro atoms. The smallest absolute Gasteiger partial charge is 0.423 e. The third-order valence-corrected chi connectivity index (χ3v) is 2.27. The van der Waals surface area contributed by atoms with Gasteiger partial charge in [0.1, 0.15) is 0 Å². The predicted molar refractivity (Wildman–Crippen MR) is 49.3 cm³/mol. The quantitative estimate of drug-likeness (QED) is 0.457. The third kappa shape index (κ3) is 1.84. The first kappa shape index (κ1) is 11.3. The van der Waals surface area contributed by atoms with Gasteiger partial charge in [-0.15, -0.1) is 0 Å². The van der Waals surface area contributed by atoms with Crippen LogP contribution in [0.4, 0.5) is 8.78 Å². The van der Waals surface area contributed by atoms with E-state index in [1.165, 1.54) is 0 Å². The van der Waals surface area contributed by atoms with E-state index in [2.05, 4.69) is 15.9 Å². The Morgan fingerprint density at radius 2 is 1.93 bits per heavy atom. The second-order valence-electron chi connectivity index (χ2n) is 2.48. The van der Waals surface area contributed by atoms with Gasteiger partial charge in [0, 0.05) is 9.94 Å². The average Bonchev–Trinajstić information content (AvgIpc) is 2.12. The van der Waals surface area contributed by atoms with Crippen molar-refractivity contribution in [2.45, 2.75) is 0 Å². The van der Waals surface area contributed by atoms with Crippen LogP contribution < -0.4 is 5.46 Å². The highest BCUT2D eigenvalue weighted by molar-refractivity contribution is 9.10. The highest BCUT2D eigenvalue weighted by atomic mass is 79.9. The number of carbonyl (C=O) groups excluding carboxylic acids is 1. The summed E-state index contributed by atoms with van der Waals surface area (Å²) in [5.74, 6) is -2.84. The van der Waals surface area contributed by atoms with Crippen LogP contribution in [0.3, 0.4) is 0 Å². The van der Waals surface area contributed by atoms with Gasteiger partial charge in [0.15, 0.2) is 17.9 Å². The SMILES string of the molecule is O=Cc1c(Br)cc(B(O)O)c(F)c1F. The molecule has 1 rings (SSSR count). The molecule has 0 fully saturated rings. The van der Waals surface area contributed by atoms with Crippen molar-refractivity contribution in [3.8, 4) is 0 Å². The fourth-order valence-electron chi connectivity index (χ4n) is 0.923. The number of hydrogen-bond acceptors (Lipinski definition) is 3. The van der Waals surface area contributed by atoms with Gasteiger partial charge >= 0.3 is 7.12 Å². The van der Waals surface area contributed by atoms with Crippen molar-refractivity contribution >= 4 is 34.8 Å². The number of rotatable bonds is 2. The normalized spacial score (nSPS) is 10.1. The molecule has 7 heteroatoms. The summed E-state index contributed by atoms with van der Waals surface area (Å²) in [6, 6.07) is 0.937. The van der Waals surface area contributed by atoms with Crippen molar-refractivity contribution in [3.05, 3.63) is 27.7 Å². The highest BCUT2D eigenvalue weighted by Gasteiger charge is 2.23. The van der Waals surface area contributed by atoms with Crippen molar-refractivity contribution in [1.29, 1.82) is 0 Å². The van der Waals surface area contributed by atoms with E-state index in [1.54, 1.807) is 0 Å². The molecule has 14 heavy (non-hydrogen) atoms. The van der Waals surface area contributed by atoms with Gasteiger partial charge in [-0.05, 0) is 22.0 Å². The van der Waals surface area contributed by atoms with Crippen LogP contribution in [-0.4, -0.2) is 23.5 Å². The minimum Gasteiger partial charge on any atom is -0.423 e. The van der Waals surface area contributed by atoms with Crippen molar-refractivity contribution in [3.63, 3.8) is 0 Å². The van der Waals surface area contributed by atoms with Crippen LogP contribution in [0.2, 0.25) is 0 Å². The van der Waals surface area contributed by atoms with E-state index in [-0.39, 0.29) is 10.8 Å². The maximum Gasteiger partial charge on any atom is 0.491 e. The van der Waals surface area contributed by atoms with Crippen LogP contribution in [0.15, 0.2) is 10.5 Å². The second kappa shape index (κ2) is 4.16. The van der Waals surface area contributed by atoms with E-state index in [0.717, 1.165) is 6.07 Å². The van der Waals surface area contributed by atoms with E-state index in [4.69, 9.17) is 10.0 Å². The molecule has 0 aliphatic heterocycles. The van der Waals surface area contributed by atoms with Crippen molar-refractivity contribution in [2.24, 2.45) is 0 Å². The van der Waals surface area contributed by atoms with Crippen LogP contribution in [0.5, 0.6) is 0 Å². The lowest BCUT2D eigenvalue weighted by atomic mass is 9.79. The molecule has 1 aromatic carbocycles. The molecule has 3 nitrogen and oxygen atoms in total. The third-order valence-electron chi connectivity index (χ3n) is 1.62. The van der Waals surface area contributed by atoms with Gasteiger partial charge in [-0.25, -0.2) is 8.78 Å². The summed E-state index contributed by atoms with van der Waals surface area (Å²) >= 11 is 2.80. The number of aldehydes is 1. The van der Waals surface area contributed by atoms with E-state index in [0.29, 0.717) is 0 Å². The number of benzene rings is 1. The zero-order valence-corrected chi connectivity index (χ0v) is 8.25. The van der Waals surface area contributed by atoms with E-state index < -0.39 is 29.8 Å². The van der Waals surface area contributed by atoms with Gasteiger partial charge in [0.05, 0.1) is 5.56 Å². The maximum atomic E-state index is 13.0. The van der Waals surface area contributed by atoms with Gasteiger partial charge in [-0.3, -0.25) is 4.79 Å². The van der Waals surface area contributed by atoms with Crippen LogP contribution in [-0.2, 0) is 0 Å². The van der Waals surface area contributed by atoms with Crippen molar-refractivity contribution in [1.82, 2.24) is 0 Å². The van der Waals surface area contributed by atoms with Gasteiger partial charge < -0.3 is 10.0 Å². The largest absolute Gasteiger partial charge is 0.491 e. The Morgan fingerprint density at radius 3 is 2.36 bits per heavy atom. The standard InChI is InChI=1S/C7H4BBrF2O3/c9-5-1-4(8(13)14)7(11)6(10)3(5)2-12/h1-2,13-14H. The maximum absolute atomic E-state index is 13.0. The molecule has 0 aliphatic rings. The Morgan fingerprint density at radius 1 is 1.36 bits per heavy atom. The Kier molecular flexibility index (Phi) is 3.36.